The van der Waals surface area contributed by atoms with Gasteiger partial charge in [-0.1, -0.05) is 382 Å². The number of para-hydroxylation sites is 1. The van der Waals surface area contributed by atoms with Crippen LogP contribution in [0.25, 0.3) is 111 Å². The second-order valence-corrected chi connectivity index (χ2v) is 32.2. The van der Waals surface area contributed by atoms with Crippen molar-refractivity contribution in [3.05, 3.63) is 528 Å². The predicted molar refractivity (Wildman–Crippen MR) is 499 cm³/mol. The van der Waals surface area contributed by atoms with E-state index in [0.29, 0.717) is 0 Å². The van der Waals surface area contributed by atoms with E-state index in [1.54, 1.807) is 0 Å². The number of hydrogen-bond donors (Lipinski definition) is 0. The molecule has 2 heterocycles. The van der Waals surface area contributed by atoms with E-state index in [-0.39, 0.29) is 0 Å². The average molecular weight is 1540 g/mol. The Hall–Kier alpha value is -15.6. The van der Waals surface area contributed by atoms with Gasteiger partial charge in [-0.2, -0.15) is 0 Å². The van der Waals surface area contributed by atoms with Crippen LogP contribution in [-0.2, 0) is 16.2 Å². The van der Waals surface area contributed by atoms with Gasteiger partial charge in [0.1, 0.15) is 22.3 Å². The normalized spacial score (nSPS) is 13.5. The van der Waals surface area contributed by atoms with E-state index in [2.05, 4.69) is 471 Å². The minimum Gasteiger partial charge on any atom is -0.456 e. The molecule has 0 amide bonds. The van der Waals surface area contributed by atoms with Gasteiger partial charge in [0.15, 0.2) is 0 Å². The molecular weight excluding hydrogens is 1470 g/mol. The van der Waals surface area contributed by atoms with Crippen LogP contribution in [0.15, 0.2) is 470 Å². The molecule has 0 aliphatic heterocycles. The number of furan rings is 2. The highest BCUT2D eigenvalue weighted by Gasteiger charge is 2.54. The van der Waals surface area contributed by atoms with Gasteiger partial charge in [-0.05, 0) is 207 Å². The first-order valence-electron chi connectivity index (χ1n) is 41.9. The fraction of sp³-hybridized carbons (Fsp3) is 0.0256. The molecule has 0 atom stereocenters. The summed E-state index contributed by atoms with van der Waals surface area (Å²) >= 11 is 0. The molecule has 0 saturated carbocycles. The van der Waals surface area contributed by atoms with Crippen LogP contribution in [0.1, 0.15) is 66.8 Å². The summed E-state index contributed by atoms with van der Waals surface area (Å²) < 4.78 is 13.9. The highest BCUT2D eigenvalue weighted by molar-refractivity contribution is 6.18. The Bertz CT molecular complexity index is 7420. The van der Waals surface area contributed by atoms with E-state index in [4.69, 9.17) is 8.83 Å². The molecule has 4 heteroatoms. The fourth-order valence-corrected chi connectivity index (χ4v) is 21.6. The van der Waals surface area contributed by atoms with Crippen molar-refractivity contribution in [1.29, 1.82) is 0 Å². The standard InChI is InChI=1S/C62H39NO.C55H37NO/c1-3-20-40(21-4-1)61(47-29-12-7-24-42(47)43-25-8-13-30-48(43)61)53-35-18-38-56-59(53)60-55(37-19-39-57(60)64-56)63(41-22-5-2-6-23-41)54-36-17-34-52-58(54)46-28-11-16-33-51(46)62(52)49-31-14-9-26-44(49)45-27-10-15-32-50(45)62;1-4-16-38(17-5-1)40-30-34-43(35-31-40)56(44-36-32-41(33-37-44)39-18-6-2-7-19-39)50-27-15-29-52-54(50)53-49(26-14-28-51(53)57-52)55(42-20-8-3-9-21-42)47-24-12-10-22-45(47)46-23-11-13-25-48(46)55/h1-39H;1-37H. The summed E-state index contributed by atoms with van der Waals surface area (Å²) in [5.74, 6) is 0. The van der Waals surface area contributed by atoms with Crippen molar-refractivity contribution in [2.24, 2.45) is 0 Å². The highest BCUT2D eigenvalue weighted by Crippen LogP contribution is 2.67. The van der Waals surface area contributed by atoms with Gasteiger partial charge >= 0.3 is 0 Å². The first kappa shape index (κ1) is 69.7. The Labute approximate surface area is 702 Å². The monoisotopic (exact) mass is 1540 g/mol. The molecule has 121 heavy (non-hydrogen) atoms. The average Bonchev–Trinajstić information content (AvgIpc) is 1.52. The summed E-state index contributed by atoms with van der Waals surface area (Å²) in [7, 11) is 0. The molecule has 566 valence electrons. The molecule has 0 fully saturated rings. The number of hydrogen-bond acceptors (Lipinski definition) is 4. The van der Waals surface area contributed by atoms with Gasteiger partial charge in [-0.15, -0.1) is 0 Å². The number of nitrogens with zero attached hydrogens (tertiary/aromatic N) is 2. The van der Waals surface area contributed by atoms with Gasteiger partial charge in [0.2, 0.25) is 0 Å². The summed E-state index contributed by atoms with van der Waals surface area (Å²) in [6, 6.07) is 168. The van der Waals surface area contributed by atoms with Gasteiger partial charge in [-0.25, -0.2) is 0 Å². The van der Waals surface area contributed by atoms with E-state index in [1.807, 2.05) is 0 Å². The Balaban J connectivity index is 0.000000138. The molecule has 25 rings (SSSR count). The molecule has 4 aliphatic rings. The van der Waals surface area contributed by atoms with Gasteiger partial charge in [-0.3, -0.25) is 0 Å². The number of benzene rings is 19. The zero-order valence-corrected chi connectivity index (χ0v) is 66.1. The maximum Gasteiger partial charge on any atom is 0.137 e. The van der Waals surface area contributed by atoms with Crippen molar-refractivity contribution in [3.63, 3.8) is 0 Å². The minimum atomic E-state index is -0.613. The molecule has 0 radical (unpaired) electrons. The van der Waals surface area contributed by atoms with Crippen LogP contribution in [-0.4, -0.2) is 0 Å². The third-order valence-electron chi connectivity index (χ3n) is 26.3. The summed E-state index contributed by atoms with van der Waals surface area (Å²) in [6.07, 6.45) is 0. The second kappa shape index (κ2) is 27.8. The molecule has 4 aliphatic carbocycles. The number of fused-ring (bicyclic) bond motifs is 22. The summed E-state index contributed by atoms with van der Waals surface area (Å²) in [5.41, 5.74) is 38.4. The van der Waals surface area contributed by atoms with Crippen molar-refractivity contribution >= 4 is 78.0 Å². The van der Waals surface area contributed by atoms with Crippen LogP contribution in [0.5, 0.6) is 0 Å². The minimum absolute atomic E-state index is 0.468. The topological polar surface area (TPSA) is 32.8 Å². The first-order valence-corrected chi connectivity index (χ1v) is 41.9. The van der Waals surface area contributed by atoms with Crippen molar-refractivity contribution in [2.45, 2.75) is 16.2 Å². The van der Waals surface area contributed by atoms with Crippen LogP contribution in [0.4, 0.5) is 34.1 Å². The third-order valence-corrected chi connectivity index (χ3v) is 26.3. The SMILES string of the molecule is c1ccc(-c2ccc(N(c3ccc(-c4ccccc4)cc3)c3cccc4oc5cccc(C6(c7ccccc7)c7ccccc7-c7ccccc76)c5c34)cc2)cc1.c1ccc(N(c2cccc3c2-c2ccccc2C32c3ccccc3-c3ccccc32)c2cccc3oc4cccc(C5(c6ccccc6)c6ccccc6-c6ccccc65)c4c23)cc1. The summed E-state index contributed by atoms with van der Waals surface area (Å²) in [4.78, 5) is 4.89. The van der Waals surface area contributed by atoms with Crippen molar-refractivity contribution in [1.82, 2.24) is 0 Å². The van der Waals surface area contributed by atoms with E-state index in [1.165, 1.54) is 134 Å². The zero-order chi connectivity index (χ0) is 79.7. The van der Waals surface area contributed by atoms with Crippen LogP contribution in [0.2, 0.25) is 0 Å². The Kier molecular flexibility index (Phi) is 16.0. The van der Waals surface area contributed by atoms with Gasteiger partial charge in [0.05, 0.1) is 44.1 Å². The Morgan fingerprint density at radius 2 is 0.413 bits per heavy atom. The maximum atomic E-state index is 7.05. The number of rotatable bonds is 12. The number of anilines is 6. The molecule has 19 aromatic carbocycles. The molecular formula is C117H76N2O2. The lowest BCUT2D eigenvalue weighted by atomic mass is 9.66. The summed E-state index contributed by atoms with van der Waals surface area (Å²) in [6.45, 7) is 0. The Morgan fingerprint density at radius 3 is 0.802 bits per heavy atom. The van der Waals surface area contributed by atoms with Crippen molar-refractivity contribution in [3.8, 4) is 66.8 Å². The quantitative estimate of drug-likeness (QED) is 0.122. The maximum absolute atomic E-state index is 7.05. The highest BCUT2D eigenvalue weighted by atomic mass is 16.3. The largest absolute Gasteiger partial charge is 0.456 e. The van der Waals surface area contributed by atoms with Crippen LogP contribution < -0.4 is 9.80 Å². The van der Waals surface area contributed by atoms with Gasteiger partial charge in [0.25, 0.3) is 0 Å². The third kappa shape index (κ3) is 10.2. The molecule has 4 nitrogen and oxygen atoms in total. The van der Waals surface area contributed by atoms with E-state index >= 15 is 0 Å². The predicted octanol–water partition coefficient (Wildman–Crippen LogP) is 30.5. The zero-order valence-electron chi connectivity index (χ0n) is 66.1. The molecule has 0 bridgehead atoms. The molecule has 21 aromatic rings. The second-order valence-electron chi connectivity index (χ2n) is 32.2. The fourth-order valence-electron chi connectivity index (χ4n) is 21.6. The molecule has 0 unspecified atom stereocenters. The van der Waals surface area contributed by atoms with E-state index in [0.717, 1.165) is 78.0 Å². The van der Waals surface area contributed by atoms with E-state index in [9.17, 15) is 0 Å². The Morgan fingerprint density at radius 1 is 0.157 bits per heavy atom. The van der Waals surface area contributed by atoms with Crippen LogP contribution in [0, 0.1) is 0 Å². The van der Waals surface area contributed by atoms with Crippen molar-refractivity contribution in [2.75, 3.05) is 9.80 Å². The lowest BCUT2D eigenvalue weighted by Gasteiger charge is -2.35. The van der Waals surface area contributed by atoms with Gasteiger partial charge < -0.3 is 18.6 Å². The first-order chi connectivity index (χ1) is 60.1. The summed E-state index contributed by atoms with van der Waals surface area (Å²) in [5, 5.41) is 4.40. The molecule has 1 spiro atoms. The van der Waals surface area contributed by atoms with Crippen LogP contribution >= 0.6 is 0 Å². The lowest BCUT2D eigenvalue weighted by Crippen LogP contribution is -2.28. The van der Waals surface area contributed by atoms with Crippen molar-refractivity contribution < 1.29 is 8.83 Å². The van der Waals surface area contributed by atoms with E-state index < -0.39 is 16.2 Å². The molecule has 0 N–H and O–H groups in total. The van der Waals surface area contributed by atoms with Crippen LogP contribution in [0.3, 0.4) is 0 Å². The smallest absolute Gasteiger partial charge is 0.137 e. The van der Waals surface area contributed by atoms with Gasteiger partial charge in [0, 0.05) is 33.4 Å². The molecule has 2 aromatic heterocycles. The lowest BCUT2D eigenvalue weighted by molar-refractivity contribution is 0.667. The molecule has 0 saturated heterocycles.